The zero-order valence-electron chi connectivity index (χ0n) is 6.88. The molecule has 0 amide bonds. The molecule has 0 aromatic heterocycles. The van der Waals surface area contributed by atoms with Crippen molar-refractivity contribution in [2.45, 2.75) is 6.92 Å². The van der Waals surface area contributed by atoms with Gasteiger partial charge in [0.2, 0.25) is 6.79 Å². The van der Waals surface area contributed by atoms with Crippen molar-refractivity contribution in [1.29, 1.82) is 0 Å². The largest absolute Gasteiger partial charge is 0.432 e. The lowest BCUT2D eigenvalue weighted by Gasteiger charge is -2.20. The lowest BCUT2D eigenvalue weighted by Crippen LogP contribution is -2.35. The Kier molecular flexibility index (Phi) is 3.32. The fourth-order valence-electron chi connectivity index (χ4n) is 0.267. The summed E-state index contributed by atoms with van der Waals surface area (Å²) in [7, 11) is 5.51. The van der Waals surface area contributed by atoms with E-state index in [1.807, 2.05) is 21.1 Å². The number of carbonyl (C=O) groups is 1. The summed E-state index contributed by atoms with van der Waals surface area (Å²) >= 11 is 0. The highest BCUT2D eigenvalue weighted by molar-refractivity contribution is 5.65. The lowest BCUT2D eigenvalue weighted by molar-refractivity contribution is -1.07. The summed E-state index contributed by atoms with van der Waals surface area (Å²) in [5.74, 6) is -0.326. The number of rotatable bonds is 3. The molecule has 0 spiro atoms. The molecule has 0 radical (unpaired) electrons. The zero-order chi connectivity index (χ0) is 8.20. The number of hydrogen-bond acceptors (Lipinski definition) is 3. The normalized spacial score (nSPS) is 11.2. The summed E-state index contributed by atoms with van der Waals surface area (Å²) in [6.45, 7) is 1.36. The molecule has 0 heterocycles. The van der Waals surface area contributed by atoms with E-state index >= 15 is 0 Å². The predicted octanol–water partition coefficient (Wildman–Crippen LogP) is 0.145. The van der Waals surface area contributed by atoms with Crippen LogP contribution in [0.5, 0.6) is 0 Å². The van der Waals surface area contributed by atoms with Gasteiger partial charge >= 0.3 is 5.97 Å². The van der Waals surface area contributed by atoms with Gasteiger partial charge in [0.25, 0.3) is 0 Å². The van der Waals surface area contributed by atoms with Gasteiger partial charge < -0.3 is 4.74 Å². The van der Waals surface area contributed by atoms with Crippen molar-refractivity contribution in [2.75, 3.05) is 27.9 Å². The van der Waals surface area contributed by atoms with Crippen LogP contribution in [0.4, 0.5) is 0 Å². The fraction of sp³-hybridized carbons (Fsp3) is 0.833. The molecule has 0 bridgehead atoms. The monoisotopic (exact) mass is 148 g/mol. The maximum atomic E-state index is 10.2. The summed E-state index contributed by atoms with van der Waals surface area (Å²) < 4.78 is 4.87. The summed E-state index contributed by atoms with van der Waals surface area (Å²) in [6.07, 6.45) is 0. The van der Waals surface area contributed by atoms with Gasteiger partial charge in [0, 0.05) is 6.92 Å². The molecular formula is C6H14NO3+. The standard InChI is InChI=1S/C6H14NO3/c1-6(8)9-5-10-7(2,3)4/h5H2,1-4H3/q+1. The molecule has 0 unspecified atom stereocenters. The average Bonchev–Trinajstić information content (AvgIpc) is 1.59. The molecular weight excluding hydrogens is 134 g/mol. The molecule has 4 nitrogen and oxygen atoms in total. The molecule has 0 saturated heterocycles. The van der Waals surface area contributed by atoms with E-state index in [9.17, 15) is 4.79 Å². The minimum atomic E-state index is -0.326. The molecule has 0 saturated carbocycles. The third-order valence-corrected chi connectivity index (χ3v) is 0.702. The third kappa shape index (κ3) is 7.39. The van der Waals surface area contributed by atoms with Gasteiger partial charge in [-0.25, -0.2) is 0 Å². The molecule has 10 heavy (non-hydrogen) atoms. The summed E-state index contributed by atoms with van der Waals surface area (Å²) in [4.78, 5) is 15.3. The van der Waals surface area contributed by atoms with Crippen molar-refractivity contribution in [3.63, 3.8) is 0 Å². The first-order valence-corrected chi connectivity index (χ1v) is 3.01. The molecule has 0 aliphatic carbocycles. The Morgan fingerprint density at radius 3 is 2.20 bits per heavy atom. The fourth-order valence-corrected chi connectivity index (χ4v) is 0.267. The topological polar surface area (TPSA) is 35.5 Å². The van der Waals surface area contributed by atoms with E-state index in [0.717, 1.165) is 0 Å². The summed E-state index contributed by atoms with van der Waals surface area (Å²) in [5, 5.41) is 0. The number of hydroxylamine groups is 3. The minimum Gasteiger partial charge on any atom is -0.432 e. The van der Waals surface area contributed by atoms with Gasteiger partial charge in [-0.2, -0.15) is 9.48 Å². The van der Waals surface area contributed by atoms with E-state index in [-0.39, 0.29) is 12.8 Å². The first kappa shape index (κ1) is 9.39. The van der Waals surface area contributed by atoms with Crippen LogP contribution >= 0.6 is 0 Å². The molecule has 0 rings (SSSR count). The maximum absolute atomic E-state index is 10.2. The SMILES string of the molecule is CC(=O)OCO[N+](C)(C)C. The second kappa shape index (κ2) is 3.53. The van der Waals surface area contributed by atoms with E-state index in [1.54, 1.807) is 0 Å². The van der Waals surface area contributed by atoms with Crippen LogP contribution in [0.3, 0.4) is 0 Å². The maximum Gasteiger partial charge on any atom is 0.304 e. The van der Waals surface area contributed by atoms with E-state index in [2.05, 4.69) is 4.74 Å². The number of quaternary nitrogens is 1. The molecule has 0 N–H and O–H groups in total. The Labute approximate surface area is 60.9 Å². The second-order valence-electron chi connectivity index (χ2n) is 2.77. The molecule has 0 aliphatic heterocycles. The Bertz CT molecular complexity index is 117. The highest BCUT2D eigenvalue weighted by atomic mass is 16.8. The first-order valence-electron chi connectivity index (χ1n) is 3.01. The zero-order valence-corrected chi connectivity index (χ0v) is 6.88. The van der Waals surface area contributed by atoms with E-state index in [0.29, 0.717) is 4.65 Å². The van der Waals surface area contributed by atoms with Gasteiger partial charge in [-0.3, -0.25) is 4.79 Å². The molecule has 0 atom stereocenters. The number of ether oxygens (including phenoxy) is 1. The lowest BCUT2D eigenvalue weighted by atomic mass is 10.8. The van der Waals surface area contributed by atoms with E-state index in [4.69, 9.17) is 4.84 Å². The first-order chi connectivity index (χ1) is 4.42. The van der Waals surface area contributed by atoms with Crippen LogP contribution in [0.25, 0.3) is 0 Å². The quantitative estimate of drug-likeness (QED) is 0.247. The van der Waals surface area contributed by atoms with Gasteiger partial charge in [0.1, 0.15) is 0 Å². The highest BCUT2D eigenvalue weighted by Gasteiger charge is 2.07. The van der Waals surface area contributed by atoms with Crippen LogP contribution in [-0.2, 0) is 14.4 Å². The average molecular weight is 148 g/mol. The van der Waals surface area contributed by atoms with Crippen LogP contribution in [0.2, 0.25) is 0 Å². The molecule has 4 heteroatoms. The smallest absolute Gasteiger partial charge is 0.304 e. The molecule has 60 valence electrons. The van der Waals surface area contributed by atoms with E-state index in [1.165, 1.54) is 6.92 Å². The van der Waals surface area contributed by atoms with Crippen LogP contribution in [0, 0.1) is 0 Å². The molecule has 0 aliphatic rings. The van der Waals surface area contributed by atoms with Crippen molar-refractivity contribution >= 4 is 5.97 Å². The second-order valence-corrected chi connectivity index (χ2v) is 2.77. The number of carbonyl (C=O) groups excluding carboxylic acids is 1. The van der Waals surface area contributed by atoms with Gasteiger partial charge in [-0.05, 0) is 0 Å². The Morgan fingerprint density at radius 2 is 1.90 bits per heavy atom. The molecule has 0 fully saturated rings. The minimum absolute atomic E-state index is 0.0127. The van der Waals surface area contributed by atoms with Crippen molar-refractivity contribution in [3.05, 3.63) is 0 Å². The molecule has 0 aromatic rings. The van der Waals surface area contributed by atoms with Crippen molar-refractivity contribution < 1.29 is 19.0 Å². The third-order valence-electron chi connectivity index (χ3n) is 0.702. The Morgan fingerprint density at radius 1 is 1.40 bits per heavy atom. The number of nitrogens with zero attached hydrogens (tertiary/aromatic N) is 1. The van der Waals surface area contributed by atoms with Crippen LogP contribution in [0.1, 0.15) is 6.92 Å². The van der Waals surface area contributed by atoms with Crippen LogP contribution < -0.4 is 0 Å². The van der Waals surface area contributed by atoms with Gasteiger partial charge in [-0.1, -0.05) is 0 Å². The summed E-state index contributed by atoms with van der Waals surface area (Å²) in [6, 6.07) is 0. The van der Waals surface area contributed by atoms with Crippen molar-refractivity contribution in [2.24, 2.45) is 0 Å². The van der Waals surface area contributed by atoms with E-state index < -0.39 is 0 Å². The van der Waals surface area contributed by atoms with Crippen molar-refractivity contribution in [1.82, 2.24) is 0 Å². The highest BCUT2D eigenvalue weighted by Crippen LogP contribution is 1.91. The predicted molar refractivity (Wildman–Crippen MR) is 35.8 cm³/mol. The van der Waals surface area contributed by atoms with Crippen LogP contribution in [-0.4, -0.2) is 38.6 Å². The Hall–Kier alpha value is -0.610. The number of esters is 1. The van der Waals surface area contributed by atoms with Crippen molar-refractivity contribution in [3.8, 4) is 0 Å². The Balaban J connectivity index is 3.29. The van der Waals surface area contributed by atoms with Gasteiger partial charge in [0.05, 0.1) is 21.1 Å². The van der Waals surface area contributed by atoms with Gasteiger partial charge in [-0.15, -0.1) is 0 Å². The molecule has 0 aromatic carbocycles. The summed E-state index contributed by atoms with van der Waals surface area (Å²) in [5.41, 5.74) is 0. The number of hydrogen-bond donors (Lipinski definition) is 0. The van der Waals surface area contributed by atoms with Crippen LogP contribution in [0.15, 0.2) is 0 Å². The van der Waals surface area contributed by atoms with Gasteiger partial charge in [0.15, 0.2) is 0 Å².